The van der Waals surface area contributed by atoms with Crippen molar-refractivity contribution in [1.29, 1.82) is 0 Å². The predicted octanol–water partition coefficient (Wildman–Crippen LogP) is 1.31. The second-order valence-electron chi connectivity index (χ2n) is 4.20. The maximum absolute atomic E-state index is 12.7. The van der Waals surface area contributed by atoms with E-state index in [4.69, 9.17) is 5.11 Å². The Kier molecular flexibility index (Phi) is 5.04. The molecule has 1 amide bonds. The van der Waals surface area contributed by atoms with Crippen molar-refractivity contribution in [2.24, 2.45) is 0 Å². The molecule has 0 saturated carbocycles. The van der Waals surface area contributed by atoms with E-state index < -0.39 is 11.8 Å². The Morgan fingerprint density at radius 3 is 2.95 bits per heavy atom. The quantitative estimate of drug-likeness (QED) is 0.771. The molecular formula is C12H11BrFN5O3. The summed E-state index contributed by atoms with van der Waals surface area (Å²) in [4.78, 5) is 26.6. The van der Waals surface area contributed by atoms with E-state index >= 15 is 0 Å². The van der Waals surface area contributed by atoms with Crippen LogP contribution in [0.4, 0.5) is 9.18 Å². The van der Waals surface area contributed by atoms with Gasteiger partial charge >= 0.3 is 11.8 Å². The molecule has 0 aliphatic heterocycles. The van der Waals surface area contributed by atoms with Gasteiger partial charge in [-0.25, -0.2) is 28.2 Å². The molecule has 8 nitrogen and oxygen atoms in total. The third kappa shape index (κ3) is 3.79. The average Bonchev–Trinajstić information content (AvgIpc) is 2.84. The fourth-order valence-electron chi connectivity index (χ4n) is 1.68. The minimum Gasteiger partial charge on any atom is -0.465 e. The van der Waals surface area contributed by atoms with Crippen LogP contribution in [0.1, 0.15) is 0 Å². The molecule has 0 radical (unpaired) electrons. The van der Waals surface area contributed by atoms with Crippen molar-refractivity contribution in [2.75, 3.05) is 6.54 Å². The van der Waals surface area contributed by atoms with Gasteiger partial charge in [-0.3, -0.25) is 0 Å². The normalized spacial score (nSPS) is 11.5. The van der Waals surface area contributed by atoms with Crippen molar-refractivity contribution >= 4 is 22.0 Å². The lowest BCUT2D eigenvalue weighted by molar-refractivity contribution is 0.195. The van der Waals surface area contributed by atoms with E-state index in [0.717, 1.165) is 4.68 Å². The molecule has 0 aliphatic rings. The van der Waals surface area contributed by atoms with Gasteiger partial charge in [-0.15, -0.1) is 0 Å². The van der Waals surface area contributed by atoms with Gasteiger partial charge in [0.15, 0.2) is 0 Å². The van der Waals surface area contributed by atoms with Crippen LogP contribution >= 0.6 is 15.9 Å². The van der Waals surface area contributed by atoms with Gasteiger partial charge in [-0.05, 0) is 33.6 Å². The average molecular weight is 372 g/mol. The maximum atomic E-state index is 12.7. The zero-order chi connectivity index (χ0) is 16.1. The van der Waals surface area contributed by atoms with E-state index in [1.807, 2.05) is 5.32 Å². The Morgan fingerprint density at radius 2 is 2.32 bits per heavy atom. The molecule has 0 aliphatic carbocycles. The third-order valence-electron chi connectivity index (χ3n) is 2.70. The van der Waals surface area contributed by atoms with Gasteiger partial charge in [-0.1, -0.05) is 0 Å². The minimum absolute atomic E-state index is 0.0747. The molecule has 2 rings (SSSR count). The van der Waals surface area contributed by atoms with Crippen molar-refractivity contribution in [3.8, 4) is 5.69 Å². The first-order valence-corrected chi connectivity index (χ1v) is 6.82. The fraction of sp³-hybridized carbons (Fsp3) is 0.167. The van der Waals surface area contributed by atoms with Crippen molar-refractivity contribution in [1.82, 2.24) is 24.6 Å². The second kappa shape index (κ2) is 6.98. The fourth-order valence-corrected chi connectivity index (χ4v) is 2.03. The number of hydrogen-bond donors (Lipinski definition) is 2. The van der Waals surface area contributed by atoms with Gasteiger partial charge in [0, 0.05) is 12.7 Å². The number of hydrogen-bond acceptors (Lipinski definition) is 4. The number of pyridine rings is 1. The molecule has 22 heavy (non-hydrogen) atoms. The van der Waals surface area contributed by atoms with E-state index in [1.54, 1.807) is 12.1 Å². The Morgan fingerprint density at radius 1 is 1.55 bits per heavy atom. The van der Waals surface area contributed by atoms with E-state index in [9.17, 15) is 14.0 Å². The molecule has 0 aromatic carbocycles. The van der Waals surface area contributed by atoms with Crippen LogP contribution in [0.25, 0.3) is 5.69 Å². The van der Waals surface area contributed by atoms with E-state index in [1.165, 1.54) is 17.1 Å². The molecule has 0 atom stereocenters. The standard InChI is InChI=1S/C12H11BrFN5O3/c13-10-3-9(1-2-15-10)18-7-17-19(12(18)22)6-8(4-14)5-16-11(20)21/h1-4,7,16H,5-6H2,(H,20,21). The summed E-state index contributed by atoms with van der Waals surface area (Å²) in [6, 6.07) is 3.25. The summed E-state index contributed by atoms with van der Waals surface area (Å²) in [5.41, 5.74) is 0.144. The maximum Gasteiger partial charge on any atom is 0.404 e. The lowest BCUT2D eigenvalue weighted by Gasteiger charge is -2.05. The van der Waals surface area contributed by atoms with E-state index in [0.29, 0.717) is 10.3 Å². The van der Waals surface area contributed by atoms with Crippen molar-refractivity contribution < 1.29 is 14.3 Å². The summed E-state index contributed by atoms with van der Waals surface area (Å²) >= 11 is 3.20. The lowest BCUT2D eigenvalue weighted by atomic mass is 10.3. The SMILES string of the molecule is O=C(O)NCC(=CF)Cn1ncn(-c2ccnc(Br)c2)c1=O. The van der Waals surface area contributed by atoms with Crippen LogP contribution in [0.15, 0.2) is 46.0 Å². The molecule has 2 N–H and O–H groups in total. The topological polar surface area (TPSA) is 102 Å². The number of nitrogens with zero attached hydrogens (tertiary/aromatic N) is 4. The molecule has 0 unspecified atom stereocenters. The van der Waals surface area contributed by atoms with Gasteiger partial charge in [0.25, 0.3) is 0 Å². The highest BCUT2D eigenvalue weighted by molar-refractivity contribution is 9.10. The number of nitrogens with one attached hydrogen (secondary N) is 1. The van der Waals surface area contributed by atoms with Crippen molar-refractivity contribution in [3.63, 3.8) is 0 Å². The molecule has 2 heterocycles. The molecular weight excluding hydrogens is 361 g/mol. The minimum atomic E-state index is -1.28. The zero-order valence-electron chi connectivity index (χ0n) is 11.1. The molecule has 2 aromatic rings. The highest BCUT2D eigenvalue weighted by Crippen LogP contribution is 2.10. The van der Waals surface area contributed by atoms with Crippen LogP contribution in [0.3, 0.4) is 0 Å². The van der Waals surface area contributed by atoms with Crippen LogP contribution in [-0.4, -0.2) is 37.1 Å². The largest absolute Gasteiger partial charge is 0.465 e. The Bertz CT molecular complexity index is 770. The molecule has 0 bridgehead atoms. The first-order valence-electron chi connectivity index (χ1n) is 6.02. The van der Waals surface area contributed by atoms with Gasteiger partial charge < -0.3 is 10.4 Å². The predicted molar refractivity (Wildman–Crippen MR) is 78.5 cm³/mol. The Balaban J connectivity index is 2.21. The number of amides is 1. The summed E-state index contributed by atoms with van der Waals surface area (Å²) in [6.45, 7) is -0.388. The van der Waals surface area contributed by atoms with Crippen molar-refractivity contribution in [2.45, 2.75) is 6.54 Å². The van der Waals surface area contributed by atoms with E-state index in [-0.39, 0.29) is 25.0 Å². The number of aromatic nitrogens is 4. The lowest BCUT2D eigenvalue weighted by Crippen LogP contribution is -2.29. The summed E-state index contributed by atoms with van der Waals surface area (Å²) in [6.07, 6.45) is 1.79. The summed E-state index contributed by atoms with van der Waals surface area (Å²) in [7, 11) is 0. The van der Waals surface area contributed by atoms with Crippen LogP contribution in [-0.2, 0) is 6.54 Å². The number of rotatable bonds is 5. The summed E-state index contributed by atoms with van der Waals surface area (Å²) in [5, 5.41) is 14.4. The summed E-state index contributed by atoms with van der Waals surface area (Å²) < 4.78 is 15.6. The highest BCUT2D eigenvalue weighted by Gasteiger charge is 2.10. The van der Waals surface area contributed by atoms with Gasteiger partial charge in [0.05, 0.1) is 18.6 Å². The van der Waals surface area contributed by atoms with Crippen LogP contribution in [0, 0.1) is 0 Å². The smallest absolute Gasteiger partial charge is 0.404 e. The molecule has 0 saturated heterocycles. The van der Waals surface area contributed by atoms with Gasteiger partial charge in [0.1, 0.15) is 10.9 Å². The van der Waals surface area contributed by atoms with Crippen LogP contribution in [0.2, 0.25) is 0 Å². The third-order valence-corrected chi connectivity index (χ3v) is 3.13. The first kappa shape index (κ1) is 15.9. The van der Waals surface area contributed by atoms with Crippen molar-refractivity contribution in [3.05, 3.63) is 51.6 Å². The highest BCUT2D eigenvalue weighted by atomic mass is 79.9. The molecule has 10 heteroatoms. The second-order valence-corrected chi connectivity index (χ2v) is 5.02. The Labute approximate surface area is 132 Å². The van der Waals surface area contributed by atoms with Gasteiger partial charge in [-0.2, -0.15) is 5.10 Å². The molecule has 0 spiro atoms. The number of halogens is 2. The monoisotopic (exact) mass is 371 g/mol. The van der Waals surface area contributed by atoms with E-state index in [2.05, 4.69) is 26.0 Å². The zero-order valence-corrected chi connectivity index (χ0v) is 12.7. The molecule has 2 aromatic heterocycles. The molecule has 116 valence electrons. The number of carbonyl (C=O) groups is 1. The summed E-state index contributed by atoms with van der Waals surface area (Å²) in [5.74, 6) is 0. The van der Waals surface area contributed by atoms with Gasteiger partial charge in [0.2, 0.25) is 0 Å². The van der Waals surface area contributed by atoms with Crippen LogP contribution in [0.5, 0.6) is 0 Å². The first-order chi connectivity index (χ1) is 10.5. The number of carboxylic acid groups (broad SMARTS) is 1. The Hall–Kier alpha value is -2.49. The van der Waals surface area contributed by atoms with Crippen LogP contribution < -0.4 is 11.0 Å². The molecule has 0 fully saturated rings.